The van der Waals surface area contributed by atoms with E-state index < -0.39 is 15.7 Å². The standard InChI is InChI=1S/C18H16Cl2N2O3S/c1-12-3-5-15(9-13(12)2)26(24,25)22-8-7-21(18(22)23)11-14-4-6-16(19)17(20)10-14/h3-10H,11H2,1-2H3. The first-order valence-electron chi connectivity index (χ1n) is 7.74. The van der Waals surface area contributed by atoms with Crippen molar-refractivity contribution in [2.45, 2.75) is 25.3 Å². The van der Waals surface area contributed by atoms with Gasteiger partial charge in [-0.1, -0.05) is 35.3 Å². The largest absolute Gasteiger partial charge is 0.342 e. The molecule has 0 radical (unpaired) electrons. The van der Waals surface area contributed by atoms with Gasteiger partial charge in [0.25, 0.3) is 10.0 Å². The summed E-state index contributed by atoms with van der Waals surface area (Å²) in [7, 11) is -3.96. The molecule has 0 aliphatic heterocycles. The summed E-state index contributed by atoms with van der Waals surface area (Å²) in [6, 6.07) is 9.79. The van der Waals surface area contributed by atoms with Crippen LogP contribution in [-0.4, -0.2) is 17.0 Å². The van der Waals surface area contributed by atoms with Gasteiger partial charge in [-0.25, -0.2) is 13.2 Å². The molecule has 8 heteroatoms. The molecule has 1 aromatic heterocycles. The number of aromatic nitrogens is 2. The van der Waals surface area contributed by atoms with Crippen molar-refractivity contribution in [3.05, 3.63) is 86.0 Å². The molecular formula is C18H16Cl2N2O3S. The van der Waals surface area contributed by atoms with Gasteiger partial charge in [-0.15, -0.1) is 0 Å². The molecule has 1 heterocycles. The van der Waals surface area contributed by atoms with Crippen LogP contribution in [-0.2, 0) is 16.6 Å². The van der Waals surface area contributed by atoms with E-state index >= 15 is 0 Å². The predicted molar refractivity (Wildman–Crippen MR) is 103 cm³/mol. The molecule has 0 saturated carbocycles. The fourth-order valence-electron chi connectivity index (χ4n) is 2.52. The number of aryl methyl sites for hydroxylation is 2. The Kier molecular flexibility index (Phi) is 5.01. The maximum absolute atomic E-state index is 12.8. The summed E-state index contributed by atoms with van der Waals surface area (Å²) in [5.41, 5.74) is 1.92. The molecule has 0 fully saturated rings. The zero-order valence-electron chi connectivity index (χ0n) is 14.1. The summed E-state index contributed by atoms with van der Waals surface area (Å²) in [5.74, 6) is 0. The second-order valence-corrected chi connectivity index (χ2v) is 8.63. The zero-order chi connectivity index (χ0) is 19.1. The van der Waals surface area contributed by atoms with E-state index in [0.29, 0.717) is 10.0 Å². The third kappa shape index (κ3) is 3.45. The topological polar surface area (TPSA) is 61.1 Å². The first-order valence-corrected chi connectivity index (χ1v) is 9.94. The first-order chi connectivity index (χ1) is 12.2. The molecular weight excluding hydrogens is 395 g/mol. The molecule has 0 atom stereocenters. The van der Waals surface area contributed by atoms with Crippen LogP contribution in [0.2, 0.25) is 10.0 Å². The monoisotopic (exact) mass is 410 g/mol. The van der Waals surface area contributed by atoms with E-state index in [1.54, 1.807) is 30.3 Å². The highest BCUT2D eigenvalue weighted by Gasteiger charge is 2.21. The minimum atomic E-state index is -3.96. The van der Waals surface area contributed by atoms with Gasteiger partial charge in [0.05, 0.1) is 21.5 Å². The summed E-state index contributed by atoms with van der Waals surface area (Å²) in [6.45, 7) is 3.91. The molecule has 5 nitrogen and oxygen atoms in total. The number of imidazole rings is 1. The van der Waals surface area contributed by atoms with Gasteiger partial charge in [-0.3, -0.25) is 4.57 Å². The Balaban J connectivity index is 1.98. The van der Waals surface area contributed by atoms with Gasteiger partial charge in [0, 0.05) is 12.4 Å². The van der Waals surface area contributed by atoms with E-state index in [0.717, 1.165) is 20.7 Å². The van der Waals surface area contributed by atoms with Crippen LogP contribution < -0.4 is 5.69 Å². The lowest BCUT2D eigenvalue weighted by Gasteiger charge is -2.07. The van der Waals surface area contributed by atoms with Gasteiger partial charge in [-0.2, -0.15) is 3.97 Å². The third-order valence-electron chi connectivity index (χ3n) is 4.19. The van der Waals surface area contributed by atoms with Crippen molar-refractivity contribution < 1.29 is 8.42 Å². The fourth-order valence-corrected chi connectivity index (χ4v) is 4.16. The van der Waals surface area contributed by atoms with E-state index in [1.165, 1.54) is 23.0 Å². The molecule has 0 saturated heterocycles. The Morgan fingerprint density at radius 2 is 1.65 bits per heavy atom. The summed E-state index contributed by atoms with van der Waals surface area (Å²) in [4.78, 5) is 12.7. The number of halogens is 2. The van der Waals surface area contributed by atoms with E-state index in [2.05, 4.69) is 0 Å². The minimum Gasteiger partial charge on any atom is -0.294 e. The van der Waals surface area contributed by atoms with Crippen molar-refractivity contribution in [2.75, 3.05) is 0 Å². The second kappa shape index (κ2) is 6.95. The number of rotatable bonds is 4. The average Bonchev–Trinajstić information content (AvgIpc) is 2.95. The number of hydrogen-bond acceptors (Lipinski definition) is 3. The minimum absolute atomic E-state index is 0.0787. The van der Waals surface area contributed by atoms with Crippen molar-refractivity contribution in [1.82, 2.24) is 8.54 Å². The summed E-state index contributed by atoms with van der Waals surface area (Å²) < 4.78 is 27.6. The van der Waals surface area contributed by atoms with E-state index in [-0.39, 0.29) is 11.4 Å². The van der Waals surface area contributed by atoms with Gasteiger partial charge in [0.2, 0.25) is 0 Å². The molecule has 0 unspecified atom stereocenters. The quantitative estimate of drug-likeness (QED) is 0.655. The van der Waals surface area contributed by atoms with Crippen molar-refractivity contribution in [3.63, 3.8) is 0 Å². The van der Waals surface area contributed by atoms with Crippen LogP contribution in [0.1, 0.15) is 16.7 Å². The van der Waals surface area contributed by atoms with Crippen molar-refractivity contribution in [3.8, 4) is 0 Å². The van der Waals surface area contributed by atoms with Crippen molar-refractivity contribution in [1.29, 1.82) is 0 Å². The van der Waals surface area contributed by atoms with Crippen LogP contribution in [0.4, 0.5) is 0 Å². The summed E-state index contributed by atoms with van der Waals surface area (Å²) in [5, 5.41) is 0.789. The van der Waals surface area contributed by atoms with E-state index in [4.69, 9.17) is 23.2 Å². The van der Waals surface area contributed by atoms with Crippen LogP contribution in [0.25, 0.3) is 0 Å². The molecule has 26 heavy (non-hydrogen) atoms. The SMILES string of the molecule is Cc1ccc(S(=O)(=O)n2ccn(Cc3ccc(Cl)c(Cl)c3)c2=O)cc1C. The van der Waals surface area contributed by atoms with Crippen LogP contribution in [0, 0.1) is 13.8 Å². The fraction of sp³-hybridized carbons (Fsp3) is 0.167. The van der Waals surface area contributed by atoms with Gasteiger partial charge in [0.1, 0.15) is 0 Å². The Morgan fingerprint density at radius 3 is 2.31 bits per heavy atom. The molecule has 136 valence electrons. The lowest BCUT2D eigenvalue weighted by molar-refractivity contribution is 0.583. The molecule has 0 spiro atoms. The number of nitrogens with zero attached hydrogens (tertiary/aromatic N) is 2. The smallest absolute Gasteiger partial charge is 0.294 e. The molecule has 0 aliphatic carbocycles. The molecule has 3 rings (SSSR count). The summed E-state index contributed by atoms with van der Waals surface area (Å²) >= 11 is 11.9. The van der Waals surface area contributed by atoms with Crippen LogP contribution in [0.15, 0.2) is 58.5 Å². The van der Waals surface area contributed by atoms with E-state index in [9.17, 15) is 13.2 Å². The van der Waals surface area contributed by atoms with Gasteiger partial charge in [0.15, 0.2) is 0 Å². The molecule has 0 bridgehead atoms. The number of benzene rings is 2. The lowest BCUT2D eigenvalue weighted by Crippen LogP contribution is -2.29. The number of hydrogen-bond donors (Lipinski definition) is 0. The van der Waals surface area contributed by atoms with Crippen LogP contribution in [0.3, 0.4) is 0 Å². The average molecular weight is 411 g/mol. The van der Waals surface area contributed by atoms with E-state index in [1.807, 2.05) is 13.8 Å². The normalized spacial score (nSPS) is 11.7. The van der Waals surface area contributed by atoms with Crippen LogP contribution in [0.5, 0.6) is 0 Å². The molecule has 2 aromatic carbocycles. The third-order valence-corrected chi connectivity index (χ3v) is 6.57. The lowest BCUT2D eigenvalue weighted by atomic mass is 10.1. The predicted octanol–water partition coefficient (Wildman–Crippen LogP) is 3.86. The Morgan fingerprint density at radius 1 is 0.923 bits per heavy atom. The van der Waals surface area contributed by atoms with Gasteiger partial charge >= 0.3 is 5.69 Å². The summed E-state index contributed by atoms with van der Waals surface area (Å²) in [6.07, 6.45) is 2.69. The molecule has 0 aliphatic rings. The highest BCUT2D eigenvalue weighted by Crippen LogP contribution is 2.23. The first kappa shape index (κ1) is 18.8. The van der Waals surface area contributed by atoms with Crippen molar-refractivity contribution >= 4 is 33.2 Å². The second-order valence-electron chi connectivity index (χ2n) is 6.00. The highest BCUT2D eigenvalue weighted by atomic mass is 35.5. The Bertz CT molecular complexity index is 1150. The molecule has 0 amide bonds. The maximum atomic E-state index is 12.8. The molecule has 0 N–H and O–H groups in total. The van der Waals surface area contributed by atoms with Gasteiger partial charge in [-0.05, 0) is 54.8 Å². The molecule has 3 aromatic rings. The Labute approximate surface area is 161 Å². The van der Waals surface area contributed by atoms with Gasteiger partial charge < -0.3 is 0 Å². The Hall–Kier alpha value is -2.02. The zero-order valence-corrected chi connectivity index (χ0v) is 16.4. The van der Waals surface area contributed by atoms with Crippen molar-refractivity contribution in [2.24, 2.45) is 0 Å². The van der Waals surface area contributed by atoms with Crippen LogP contribution >= 0.6 is 23.2 Å². The highest BCUT2D eigenvalue weighted by molar-refractivity contribution is 7.90. The maximum Gasteiger partial charge on any atom is 0.342 e.